The first-order valence-corrected chi connectivity index (χ1v) is 7.33. The predicted octanol–water partition coefficient (Wildman–Crippen LogP) is 3.33. The SMILES string of the molecule is Cc1cc(NCC(O)CC(C)(C)C)c2cc(N)ccc2n1. The number of anilines is 2. The van der Waals surface area contributed by atoms with E-state index in [2.05, 4.69) is 31.1 Å². The molecule has 4 nitrogen and oxygen atoms in total. The van der Waals surface area contributed by atoms with E-state index in [-0.39, 0.29) is 11.5 Å². The average Bonchev–Trinajstić information content (AvgIpc) is 2.34. The van der Waals surface area contributed by atoms with Crippen LogP contribution < -0.4 is 11.1 Å². The first-order valence-electron chi connectivity index (χ1n) is 7.33. The lowest BCUT2D eigenvalue weighted by Gasteiger charge is -2.23. The minimum absolute atomic E-state index is 0.113. The molecule has 0 aliphatic carbocycles. The summed E-state index contributed by atoms with van der Waals surface area (Å²) in [5.74, 6) is 0. The van der Waals surface area contributed by atoms with Crippen molar-refractivity contribution in [3.8, 4) is 0 Å². The van der Waals surface area contributed by atoms with E-state index < -0.39 is 0 Å². The summed E-state index contributed by atoms with van der Waals surface area (Å²) in [6.45, 7) is 8.87. The molecular weight excluding hydrogens is 262 g/mol. The number of rotatable bonds is 4. The quantitative estimate of drug-likeness (QED) is 0.754. The zero-order valence-electron chi connectivity index (χ0n) is 13.3. The molecule has 1 unspecified atom stereocenters. The summed E-state index contributed by atoms with van der Waals surface area (Å²) in [5.41, 5.74) is 9.52. The highest BCUT2D eigenvalue weighted by atomic mass is 16.3. The highest BCUT2D eigenvalue weighted by molar-refractivity contribution is 5.93. The first-order chi connectivity index (χ1) is 9.74. The molecule has 0 saturated heterocycles. The predicted molar refractivity (Wildman–Crippen MR) is 89.5 cm³/mol. The van der Waals surface area contributed by atoms with Gasteiger partial charge in [-0.05, 0) is 43.0 Å². The van der Waals surface area contributed by atoms with E-state index in [0.29, 0.717) is 12.2 Å². The molecule has 1 aromatic carbocycles. The van der Waals surface area contributed by atoms with Crippen molar-refractivity contribution in [1.29, 1.82) is 0 Å². The van der Waals surface area contributed by atoms with Crippen molar-refractivity contribution in [2.24, 2.45) is 5.41 Å². The number of hydrogen-bond acceptors (Lipinski definition) is 4. The average molecular weight is 287 g/mol. The van der Waals surface area contributed by atoms with E-state index in [9.17, 15) is 5.11 Å². The minimum Gasteiger partial charge on any atom is -0.399 e. The van der Waals surface area contributed by atoms with Gasteiger partial charge in [0, 0.05) is 29.0 Å². The van der Waals surface area contributed by atoms with Crippen LogP contribution in [-0.2, 0) is 0 Å². The van der Waals surface area contributed by atoms with Gasteiger partial charge in [0.2, 0.25) is 0 Å². The summed E-state index contributed by atoms with van der Waals surface area (Å²) in [6.07, 6.45) is 0.374. The van der Waals surface area contributed by atoms with Crippen LogP contribution in [0, 0.1) is 12.3 Å². The molecule has 2 aromatic rings. The van der Waals surface area contributed by atoms with Crippen LogP contribution in [0.2, 0.25) is 0 Å². The second kappa shape index (κ2) is 5.90. The largest absolute Gasteiger partial charge is 0.399 e. The van der Waals surface area contributed by atoms with E-state index in [0.717, 1.165) is 28.7 Å². The molecule has 0 aliphatic rings. The van der Waals surface area contributed by atoms with Gasteiger partial charge in [0.1, 0.15) is 0 Å². The normalized spacial score (nSPS) is 13.4. The van der Waals surface area contributed by atoms with Crippen molar-refractivity contribution in [1.82, 2.24) is 4.98 Å². The number of aryl methyl sites for hydroxylation is 1. The van der Waals surface area contributed by atoms with Gasteiger partial charge in [-0.2, -0.15) is 0 Å². The fraction of sp³-hybridized carbons (Fsp3) is 0.471. The lowest BCUT2D eigenvalue weighted by Crippen LogP contribution is -2.25. The molecule has 1 atom stereocenters. The summed E-state index contributed by atoms with van der Waals surface area (Å²) in [4.78, 5) is 4.51. The van der Waals surface area contributed by atoms with Gasteiger partial charge in [-0.3, -0.25) is 4.98 Å². The number of aromatic nitrogens is 1. The Kier molecular flexibility index (Phi) is 4.37. The fourth-order valence-electron chi connectivity index (χ4n) is 2.53. The molecule has 0 bridgehead atoms. The number of nitrogen functional groups attached to an aromatic ring is 1. The maximum absolute atomic E-state index is 10.1. The van der Waals surface area contributed by atoms with Crippen molar-refractivity contribution in [2.45, 2.75) is 40.2 Å². The van der Waals surface area contributed by atoms with Crippen LogP contribution >= 0.6 is 0 Å². The number of aliphatic hydroxyl groups is 1. The summed E-state index contributed by atoms with van der Waals surface area (Å²) < 4.78 is 0. The van der Waals surface area contributed by atoms with Crippen molar-refractivity contribution in [3.63, 3.8) is 0 Å². The Morgan fingerprint density at radius 1 is 1.29 bits per heavy atom. The molecule has 0 saturated carbocycles. The van der Waals surface area contributed by atoms with Gasteiger partial charge in [0.15, 0.2) is 0 Å². The summed E-state index contributed by atoms with van der Waals surface area (Å²) in [7, 11) is 0. The zero-order chi connectivity index (χ0) is 15.6. The van der Waals surface area contributed by atoms with Crippen molar-refractivity contribution in [2.75, 3.05) is 17.6 Å². The number of fused-ring (bicyclic) bond motifs is 1. The van der Waals surface area contributed by atoms with E-state index >= 15 is 0 Å². The number of nitrogens with one attached hydrogen (secondary N) is 1. The monoisotopic (exact) mass is 287 g/mol. The zero-order valence-corrected chi connectivity index (χ0v) is 13.3. The van der Waals surface area contributed by atoms with Gasteiger partial charge in [-0.1, -0.05) is 20.8 Å². The molecule has 0 aliphatic heterocycles. The van der Waals surface area contributed by atoms with Gasteiger partial charge in [0.05, 0.1) is 11.6 Å². The molecular formula is C17H25N3O. The summed E-state index contributed by atoms with van der Waals surface area (Å²) in [6, 6.07) is 7.69. The molecule has 0 radical (unpaired) electrons. The van der Waals surface area contributed by atoms with Crippen LogP contribution in [0.5, 0.6) is 0 Å². The van der Waals surface area contributed by atoms with Crippen LogP contribution in [0.4, 0.5) is 11.4 Å². The van der Waals surface area contributed by atoms with Gasteiger partial charge >= 0.3 is 0 Å². The van der Waals surface area contributed by atoms with E-state index in [1.165, 1.54) is 0 Å². The molecule has 1 heterocycles. The fourth-order valence-corrected chi connectivity index (χ4v) is 2.53. The molecule has 0 spiro atoms. The Morgan fingerprint density at radius 2 is 2.00 bits per heavy atom. The second-order valence-corrected chi connectivity index (χ2v) is 6.89. The summed E-state index contributed by atoms with van der Waals surface area (Å²) >= 11 is 0. The third-order valence-corrected chi connectivity index (χ3v) is 3.34. The third-order valence-electron chi connectivity index (χ3n) is 3.34. The Hall–Kier alpha value is -1.81. The van der Waals surface area contributed by atoms with E-state index in [1.54, 1.807) is 0 Å². The maximum atomic E-state index is 10.1. The smallest absolute Gasteiger partial charge is 0.0727 e. The van der Waals surface area contributed by atoms with Crippen LogP contribution in [0.1, 0.15) is 32.9 Å². The molecule has 114 valence electrons. The third kappa shape index (κ3) is 4.33. The molecule has 4 N–H and O–H groups in total. The molecule has 21 heavy (non-hydrogen) atoms. The Bertz CT molecular complexity index is 632. The van der Waals surface area contributed by atoms with Crippen LogP contribution in [0.3, 0.4) is 0 Å². The van der Waals surface area contributed by atoms with Gasteiger partial charge in [0.25, 0.3) is 0 Å². The topological polar surface area (TPSA) is 71.2 Å². The Balaban J connectivity index is 2.20. The number of pyridine rings is 1. The van der Waals surface area contributed by atoms with Crippen molar-refractivity contribution < 1.29 is 5.11 Å². The second-order valence-electron chi connectivity index (χ2n) is 6.89. The van der Waals surface area contributed by atoms with Gasteiger partial charge in [-0.25, -0.2) is 0 Å². The van der Waals surface area contributed by atoms with E-state index in [1.807, 2.05) is 31.2 Å². The van der Waals surface area contributed by atoms with Crippen LogP contribution in [-0.4, -0.2) is 22.7 Å². The number of benzene rings is 1. The van der Waals surface area contributed by atoms with Gasteiger partial charge in [-0.15, -0.1) is 0 Å². The number of nitrogens with two attached hydrogens (primary N) is 1. The maximum Gasteiger partial charge on any atom is 0.0727 e. The van der Waals surface area contributed by atoms with Gasteiger partial charge < -0.3 is 16.2 Å². The summed E-state index contributed by atoms with van der Waals surface area (Å²) in [5, 5.41) is 14.5. The Morgan fingerprint density at radius 3 is 2.67 bits per heavy atom. The molecule has 1 aromatic heterocycles. The molecule has 4 heteroatoms. The Labute approximate surface area is 126 Å². The number of hydrogen-bond donors (Lipinski definition) is 3. The van der Waals surface area contributed by atoms with E-state index in [4.69, 9.17) is 5.73 Å². The standard InChI is InChI=1S/C17H25N3O/c1-11-7-16(19-10-13(21)9-17(2,3)4)14-8-12(18)5-6-15(14)20-11/h5-8,13,21H,9-10,18H2,1-4H3,(H,19,20). The molecule has 0 amide bonds. The number of nitrogens with zero attached hydrogens (tertiary/aromatic N) is 1. The highest BCUT2D eigenvalue weighted by Crippen LogP contribution is 2.26. The van der Waals surface area contributed by atoms with Crippen molar-refractivity contribution in [3.05, 3.63) is 30.0 Å². The van der Waals surface area contributed by atoms with Crippen LogP contribution in [0.15, 0.2) is 24.3 Å². The molecule has 2 rings (SSSR count). The van der Waals surface area contributed by atoms with Crippen LogP contribution in [0.25, 0.3) is 10.9 Å². The number of aliphatic hydroxyl groups excluding tert-OH is 1. The lowest BCUT2D eigenvalue weighted by molar-refractivity contribution is 0.132. The van der Waals surface area contributed by atoms with Crippen molar-refractivity contribution >= 4 is 22.3 Å². The molecule has 0 fully saturated rings. The first kappa shape index (κ1) is 15.6. The minimum atomic E-state index is -0.380. The highest BCUT2D eigenvalue weighted by Gasteiger charge is 2.16. The lowest BCUT2D eigenvalue weighted by atomic mass is 9.89.